The third-order valence-corrected chi connectivity index (χ3v) is 2.65. The number of hydrogen-bond donors (Lipinski definition) is 1. The van der Waals surface area contributed by atoms with Crippen molar-refractivity contribution in [1.82, 2.24) is 20.3 Å². The smallest absolute Gasteiger partial charge is 0.151 e. The van der Waals surface area contributed by atoms with Crippen LogP contribution < -0.4 is 5.32 Å². The summed E-state index contributed by atoms with van der Waals surface area (Å²) < 4.78 is 5.33. The van der Waals surface area contributed by atoms with E-state index >= 15 is 0 Å². The molecule has 1 aromatic rings. The Morgan fingerprint density at radius 3 is 2.61 bits per heavy atom. The Hall–Kier alpha value is -0.910. The summed E-state index contributed by atoms with van der Waals surface area (Å²) in [6, 6.07) is 2.49. The van der Waals surface area contributed by atoms with Gasteiger partial charge in [-0.05, 0) is 21.1 Å². The van der Waals surface area contributed by atoms with E-state index < -0.39 is 0 Å². The predicted molar refractivity (Wildman–Crippen MR) is 73.4 cm³/mol. The van der Waals surface area contributed by atoms with Crippen LogP contribution in [-0.2, 0) is 13.1 Å². The summed E-state index contributed by atoms with van der Waals surface area (Å²) in [4.78, 5) is 4.41. The van der Waals surface area contributed by atoms with Crippen LogP contribution in [0.3, 0.4) is 0 Å². The zero-order chi connectivity index (χ0) is 13.5. The topological polar surface area (TPSA) is 44.5 Å². The zero-order valence-corrected chi connectivity index (χ0v) is 12.2. The Morgan fingerprint density at radius 1 is 1.28 bits per heavy atom. The van der Waals surface area contributed by atoms with E-state index in [9.17, 15) is 0 Å². The molecule has 104 valence electrons. The molecule has 0 saturated heterocycles. The monoisotopic (exact) mass is 254 g/mol. The normalized spacial score (nSPS) is 12.0. The van der Waals surface area contributed by atoms with Crippen LogP contribution in [0.4, 0.5) is 0 Å². The van der Waals surface area contributed by atoms with Crippen molar-refractivity contribution in [3.05, 3.63) is 17.5 Å². The maximum Gasteiger partial charge on any atom is 0.151 e. The van der Waals surface area contributed by atoms with Gasteiger partial charge < -0.3 is 14.7 Å². The van der Waals surface area contributed by atoms with Crippen molar-refractivity contribution in [2.45, 2.75) is 33.0 Å². The van der Waals surface area contributed by atoms with Gasteiger partial charge in [-0.25, -0.2) is 0 Å². The lowest BCUT2D eigenvalue weighted by Crippen LogP contribution is -2.28. The Balaban J connectivity index is 2.34. The van der Waals surface area contributed by atoms with Crippen LogP contribution in [-0.4, -0.2) is 55.2 Å². The molecule has 0 saturated carbocycles. The number of likely N-dealkylation sites (N-methyl/N-ethyl adjacent to an activating group) is 2. The number of hydrogen-bond acceptors (Lipinski definition) is 5. The molecule has 0 aliphatic rings. The third kappa shape index (κ3) is 6.14. The molecule has 0 aliphatic heterocycles. The first-order chi connectivity index (χ1) is 8.47. The number of nitrogens with one attached hydrogen (secondary N) is 1. The Morgan fingerprint density at radius 2 is 2.00 bits per heavy atom. The van der Waals surface area contributed by atoms with Gasteiger partial charge >= 0.3 is 0 Å². The highest BCUT2D eigenvalue weighted by Crippen LogP contribution is 2.06. The van der Waals surface area contributed by atoms with Crippen LogP contribution in [0.25, 0.3) is 0 Å². The molecule has 0 aromatic carbocycles. The highest BCUT2D eigenvalue weighted by atomic mass is 16.5. The Labute approximate surface area is 110 Å². The maximum absolute atomic E-state index is 5.33. The predicted octanol–water partition coefficient (Wildman–Crippen LogP) is 1.17. The van der Waals surface area contributed by atoms with E-state index in [4.69, 9.17) is 4.52 Å². The van der Waals surface area contributed by atoms with E-state index in [-0.39, 0.29) is 0 Å². The second-order valence-electron chi connectivity index (χ2n) is 5.36. The van der Waals surface area contributed by atoms with E-state index in [1.54, 1.807) is 0 Å². The van der Waals surface area contributed by atoms with E-state index in [0.717, 1.165) is 37.6 Å². The Kier molecular flexibility index (Phi) is 6.32. The molecular weight excluding hydrogens is 228 g/mol. The second kappa shape index (κ2) is 7.51. The summed E-state index contributed by atoms with van der Waals surface area (Å²) in [6.45, 7) is 7.89. The first-order valence-corrected chi connectivity index (χ1v) is 6.48. The largest absolute Gasteiger partial charge is 0.360 e. The molecule has 5 nitrogen and oxygen atoms in total. The van der Waals surface area contributed by atoms with Gasteiger partial charge in [-0.2, -0.15) is 0 Å². The average molecular weight is 254 g/mol. The molecule has 0 amide bonds. The highest BCUT2D eigenvalue weighted by Gasteiger charge is 2.07. The van der Waals surface area contributed by atoms with Crippen molar-refractivity contribution in [3.8, 4) is 0 Å². The molecule has 0 unspecified atom stereocenters. The van der Waals surface area contributed by atoms with Crippen molar-refractivity contribution in [1.29, 1.82) is 0 Å². The van der Waals surface area contributed by atoms with Gasteiger partial charge in [0.1, 0.15) is 0 Å². The quantitative estimate of drug-likeness (QED) is 0.754. The molecule has 5 heteroatoms. The molecule has 1 rings (SSSR count). The average Bonchev–Trinajstić information content (AvgIpc) is 2.71. The van der Waals surface area contributed by atoms with E-state index in [0.29, 0.717) is 6.04 Å². The fraction of sp³-hybridized carbons (Fsp3) is 0.769. The molecule has 0 bridgehead atoms. The molecule has 0 atom stereocenters. The van der Waals surface area contributed by atoms with Crippen molar-refractivity contribution in [2.24, 2.45) is 0 Å². The number of rotatable bonds is 8. The summed E-state index contributed by atoms with van der Waals surface area (Å²) in [5.41, 5.74) is 0.972. The van der Waals surface area contributed by atoms with Gasteiger partial charge in [-0.1, -0.05) is 19.0 Å². The number of aromatic nitrogens is 1. The lowest BCUT2D eigenvalue weighted by atomic mass is 10.3. The van der Waals surface area contributed by atoms with Crippen LogP contribution in [0.5, 0.6) is 0 Å². The molecule has 0 fully saturated rings. The van der Waals surface area contributed by atoms with E-state index in [2.05, 4.69) is 55.3 Å². The summed E-state index contributed by atoms with van der Waals surface area (Å²) in [5.74, 6) is 0.928. The molecule has 18 heavy (non-hydrogen) atoms. The first-order valence-electron chi connectivity index (χ1n) is 6.48. The second-order valence-corrected chi connectivity index (χ2v) is 5.36. The third-order valence-electron chi connectivity index (χ3n) is 2.65. The van der Waals surface area contributed by atoms with Gasteiger partial charge in [0.15, 0.2) is 5.76 Å². The van der Waals surface area contributed by atoms with Gasteiger partial charge in [0, 0.05) is 31.7 Å². The van der Waals surface area contributed by atoms with Crippen LogP contribution in [0.1, 0.15) is 25.3 Å². The van der Waals surface area contributed by atoms with Crippen molar-refractivity contribution >= 4 is 0 Å². The first kappa shape index (κ1) is 15.1. The molecule has 1 heterocycles. The van der Waals surface area contributed by atoms with Crippen LogP contribution in [0.2, 0.25) is 0 Å². The standard InChI is InChI=1S/C13H26N4O/c1-11(2)14-9-12-8-13(18-15-12)10-17(5)7-6-16(3)4/h8,11,14H,6-7,9-10H2,1-5H3. The molecule has 0 aliphatic carbocycles. The number of nitrogens with zero attached hydrogens (tertiary/aromatic N) is 3. The van der Waals surface area contributed by atoms with Gasteiger partial charge in [0.25, 0.3) is 0 Å². The van der Waals surface area contributed by atoms with E-state index in [1.807, 2.05) is 6.07 Å². The van der Waals surface area contributed by atoms with Gasteiger partial charge in [0.05, 0.1) is 12.2 Å². The molecule has 1 N–H and O–H groups in total. The summed E-state index contributed by atoms with van der Waals surface area (Å²) >= 11 is 0. The van der Waals surface area contributed by atoms with Crippen LogP contribution in [0.15, 0.2) is 10.6 Å². The van der Waals surface area contributed by atoms with Crippen LogP contribution >= 0.6 is 0 Å². The van der Waals surface area contributed by atoms with Crippen molar-refractivity contribution in [3.63, 3.8) is 0 Å². The summed E-state index contributed by atoms with van der Waals surface area (Å²) in [5, 5.41) is 7.39. The van der Waals surface area contributed by atoms with Crippen molar-refractivity contribution < 1.29 is 4.52 Å². The fourth-order valence-electron chi connectivity index (χ4n) is 1.54. The van der Waals surface area contributed by atoms with Gasteiger partial charge in [-0.15, -0.1) is 0 Å². The molecule has 0 radical (unpaired) electrons. The zero-order valence-electron chi connectivity index (χ0n) is 12.2. The summed E-state index contributed by atoms with van der Waals surface area (Å²) in [7, 11) is 6.26. The molecule has 1 aromatic heterocycles. The maximum atomic E-state index is 5.33. The highest BCUT2D eigenvalue weighted by molar-refractivity contribution is 5.05. The minimum atomic E-state index is 0.466. The SMILES string of the molecule is CC(C)NCc1cc(CN(C)CCN(C)C)on1. The van der Waals surface area contributed by atoms with Crippen molar-refractivity contribution in [2.75, 3.05) is 34.2 Å². The lowest BCUT2D eigenvalue weighted by Gasteiger charge is -2.17. The van der Waals surface area contributed by atoms with Gasteiger partial charge in [0.2, 0.25) is 0 Å². The fourth-order valence-corrected chi connectivity index (χ4v) is 1.54. The van der Waals surface area contributed by atoms with E-state index in [1.165, 1.54) is 0 Å². The Bertz CT molecular complexity index is 335. The minimum absolute atomic E-state index is 0.466. The van der Waals surface area contributed by atoms with Crippen LogP contribution in [0, 0.1) is 0 Å². The molecular formula is C13H26N4O. The minimum Gasteiger partial charge on any atom is -0.360 e. The lowest BCUT2D eigenvalue weighted by molar-refractivity contribution is 0.245. The van der Waals surface area contributed by atoms with Gasteiger partial charge in [-0.3, -0.25) is 4.90 Å². The molecule has 0 spiro atoms. The summed E-state index contributed by atoms with van der Waals surface area (Å²) in [6.07, 6.45) is 0.